The van der Waals surface area contributed by atoms with Crippen molar-refractivity contribution >= 4 is 11.7 Å². The van der Waals surface area contributed by atoms with Gasteiger partial charge in [0.2, 0.25) is 0 Å². The number of piperidine rings is 1. The van der Waals surface area contributed by atoms with E-state index in [1.165, 1.54) is 7.11 Å². The molecule has 0 N–H and O–H groups in total. The monoisotopic (exact) mass is 313 g/mol. The minimum Gasteiger partial charge on any atom is -0.490 e. The van der Waals surface area contributed by atoms with Gasteiger partial charge < -0.3 is 14.4 Å². The predicted molar refractivity (Wildman–Crippen MR) is 79.9 cm³/mol. The molecule has 1 aliphatic rings. The van der Waals surface area contributed by atoms with Crippen LogP contribution in [0.25, 0.3) is 0 Å². The van der Waals surface area contributed by atoms with E-state index in [1.54, 1.807) is 18.2 Å². The van der Waals surface area contributed by atoms with E-state index >= 15 is 0 Å². The fourth-order valence-corrected chi connectivity index (χ4v) is 2.43. The third-order valence-corrected chi connectivity index (χ3v) is 3.59. The van der Waals surface area contributed by atoms with Gasteiger partial charge in [-0.1, -0.05) is 0 Å². The van der Waals surface area contributed by atoms with E-state index in [-0.39, 0.29) is 32.0 Å². The average molecular weight is 313 g/mol. The van der Waals surface area contributed by atoms with Gasteiger partial charge in [0.25, 0.3) is 5.92 Å². The van der Waals surface area contributed by atoms with Gasteiger partial charge in [0.15, 0.2) is 0 Å². The van der Waals surface area contributed by atoms with Gasteiger partial charge in [-0.3, -0.25) is 0 Å². The molecule has 122 valence electrons. The number of anilines is 1. The molecular weight excluding hydrogens is 292 g/mol. The topological polar surface area (TPSA) is 38.8 Å². The summed E-state index contributed by atoms with van der Waals surface area (Å²) >= 11 is 0. The van der Waals surface area contributed by atoms with Crippen LogP contribution in [0.5, 0.6) is 5.75 Å². The van der Waals surface area contributed by atoms with Crippen LogP contribution in [-0.4, -0.2) is 38.2 Å². The molecule has 1 aromatic carbocycles. The van der Waals surface area contributed by atoms with Gasteiger partial charge in [-0.25, -0.2) is 13.6 Å². The van der Waals surface area contributed by atoms with E-state index in [1.807, 2.05) is 18.7 Å². The Balaban J connectivity index is 2.25. The minimum atomic E-state index is -2.58. The van der Waals surface area contributed by atoms with E-state index in [2.05, 4.69) is 0 Å². The summed E-state index contributed by atoms with van der Waals surface area (Å²) in [6.07, 6.45) is -0.428. The summed E-state index contributed by atoms with van der Waals surface area (Å²) in [5.41, 5.74) is 1.11. The highest BCUT2D eigenvalue weighted by atomic mass is 19.3. The Bertz CT molecular complexity index is 536. The van der Waals surface area contributed by atoms with E-state index in [0.29, 0.717) is 11.3 Å². The molecule has 0 unspecified atom stereocenters. The van der Waals surface area contributed by atoms with Crippen LogP contribution in [0.15, 0.2) is 18.2 Å². The zero-order chi connectivity index (χ0) is 16.3. The van der Waals surface area contributed by atoms with Crippen molar-refractivity contribution in [3.63, 3.8) is 0 Å². The Morgan fingerprint density at radius 2 is 1.91 bits per heavy atom. The maximum absolute atomic E-state index is 13.2. The number of alkyl halides is 2. The van der Waals surface area contributed by atoms with Crippen LogP contribution in [0.3, 0.4) is 0 Å². The molecule has 1 aromatic rings. The van der Waals surface area contributed by atoms with Crippen LogP contribution >= 0.6 is 0 Å². The van der Waals surface area contributed by atoms with Crippen molar-refractivity contribution < 1.29 is 23.0 Å². The fraction of sp³-hybridized carbons (Fsp3) is 0.562. The fourth-order valence-electron chi connectivity index (χ4n) is 2.43. The lowest BCUT2D eigenvalue weighted by Crippen LogP contribution is -2.39. The van der Waals surface area contributed by atoms with Crippen molar-refractivity contribution in [2.45, 2.75) is 38.7 Å². The van der Waals surface area contributed by atoms with Gasteiger partial charge in [-0.05, 0) is 26.0 Å². The molecule has 0 saturated carbocycles. The molecule has 6 heteroatoms. The second-order valence-corrected chi connectivity index (χ2v) is 5.68. The quantitative estimate of drug-likeness (QED) is 0.798. The van der Waals surface area contributed by atoms with E-state index in [4.69, 9.17) is 9.47 Å². The maximum Gasteiger partial charge on any atom is 0.341 e. The third-order valence-electron chi connectivity index (χ3n) is 3.59. The largest absolute Gasteiger partial charge is 0.490 e. The summed E-state index contributed by atoms with van der Waals surface area (Å²) in [7, 11) is 1.31. The summed E-state index contributed by atoms with van der Waals surface area (Å²) in [5.74, 6) is -2.65. The van der Waals surface area contributed by atoms with Crippen molar-refractivity contribution in [3.05, 3.63) is 23.8 Å². The van der Waals surface area contributed by atoms with Gasteiger partial charge >= 0.3 is 5.97 Å². The van der Waals surface area contributed by atoms with Crippen LogP contribution in [-0.2, 0) is 4.74 Å². The Kier molecular flexibility index (Phi) is 4.88. The van der Waals surface area contributed by atoms with Crippen LogP contribution in [0.1, 0.15) is 37.0 Å². The van der Waals surface area contributed by atoms with Crippen LogP contribution in [0.2, 0.25) is 0 Å². The van der Waals surface area contributed by atoms with Crippen molar-refractivity contribution in [1.82, 2.24) is 0 Å². The summed E-state index contributed by atoms with van der Waals surface area (Å²) in [4.78, 5) is 13.7. The maximum atomic E-state index is 13.2. The zero-order valence-corrected chi connectivity index (χ0v) is 13.1. The molecule has 0 radical (unpaired) electrons. The number of methoxy groups -OCH3 is 1. The average Bonchev–Trinajstić information content (AvgIpc) is 2.46. The second kappa shape index (κ2) is 6.50. The lowest BCUT2D eigenvalue weighted by Gasteiger charge is -2.33. The lowest BCUT2D eigenvalue weighted by molar-refractivity contribution is -0.0220. The van der Waals surface area contributed by atoms with Gasteiger partial charge in [0.1, 0.15) is 11.3 Å². The molecular formula is C16H21F2NO3. The first kappa shape index (κ1) is 16.5. The number of benzene rings is 1. The first-order valence-corrected chi connectivity index (χ1v) is 7.34. The van der Waals surface area contributed by atoms with Crippen molar-refractivity contribution in [2.24, 2.45) is 0 Å². The normalized spacial score (nSPS) is 17.5. The van der Waals surface area contributed by atoms with E-state index in [9.17, 15) is 13.6 Å². The Hall–Kier alpha value is -1.85. The van der Waals surface area contributed by atoms with Gasteiger partial charge in [0.05, 0.1) is 13.2 Å². The number of carbonyl (C=O) groups is 1. The molecule has 1 saturated heterocycles. The van der Waals surface area contributed by atoms with E-state index in [0.717, 1.165) is 5.69 Å². The number of esters is 1. The first-order valence-electron chi connectivity index (χ1n) is 7.34. The Morgan fingerprint density at radius 1 is 1.27 bits per heavy atom. The molecule has 0 bridgehead atoms. The highest BCUT2D eigenvalue weighted by molar-refractivity contribution is 5.93. The summed E-state index contributed by atoms with van der Waals surface area (Å²) in [5, 5.41) is 0. The number of hydrogen-bond donors (Lipinski definition) is 0. The molecule has 0 amide bonds. The van der Waals surface area contributed by atoms with E-state index < -0.39 is 11.9 Å². The van der Waals surface area contributed by atoms with Gasteiger partial charge in [-0.15, -0.1) is 0 Å². The molecule has 0 atom stereocenters. The highest BCUT2D eigenvalue weighted by Crippen LogP contribution is 2.33. The minimum absolute atomic E-state index is 0.107. The highest BCUT2D eigenvalue weighted by Gasteiger charge is 2.34. The summed E-state index contributed by atoms with van der Waals surface area (Å²) in [6.45, 7) is 4.28. The van der Waals surface area contributed by atoms with Crippen molar-refractivity contribution in [2.75, 3.05) is 25.1 Å². The molecule has 22 heavy (non-hydrogen) atoms. The Labute approximate surface area is 129 Å². The van der Waals surface area contributed by atoms with Crippen LogP contribution in [0, 0.1) is 0 Å². The van der Waals surface area contributed by atoms with Crippen molar-refractivity contribution in [3.8, 4) is 5.75 Å². The Morgan fingerprint density at radius 3 is 2.45 bits per heavy atom. The first-order chi connectivity index (χ1) is 10.3. The van der Waals surface area contributed by atoms with Crippen molar-refractivity contribution in [1.29, 1.82) is 0 Å². The molecule has 1 aliphatic heterocycles. The molecule has 1 fully saturated rings. The molecule has 2 rings (SSSR count). The summed E-state index contributed by atoms with van der Waals surface area (Å²) < 4.78 is 36.9. The van der Waals surface area contributed by atoms with Crippen LogP contribution < -0.4 is 9.64 Å². The standard InChI is InChI=1S/C16H21F2NO3/c1-11(2)22-14-10-12(4-5-13(14)15(20)21-3)19-8-6-16(17,18)7-9-19/h4-5,10-11H,6-9H2,1-3H3. The smallest absolute Gasteiger partial charge is 0.341 e. The number of carbonyl (C=O) groups excluding carboxylic acids is 1. The second-order valence-electron chi connectivity index (χ2n) is 5.68. The molecule has 1 heterocycles. The molecule has 0 aliphatic carbocycles. The van der Waals surface area contributed by atoms with Crippen LogP contribution in [0.4, 0.5) is 14.5 Å². The number of halogens is 2. The zero-order valence-electron chi connectivity index (χ0n) is 13.1. The molecule has 0 aromatic heterocycles. The van der Waals surface area contributed by atoms with Gasteiger partial charge in [-0.2, -0.15) is 0 Å². The molecule has 0 spiro atoms. The molecule has 4 nitrogen and oxygen atoms in total. The number of rotatable bonds is 4. The lowest BCUT2D eigenvalue weighted by atomic mass is 10.1. The number of nitrogens with zero attached hydrogens (tertiary/aromatic N) is 1. The van der Waals surface area contributed by atoms with Gasteiger partial charge in [0, 0.05) is 37.7 Å². The SMILES string of the molecule is COC(=O)c1ccc(N2CCC(F)(F)CC2)cc1OC(C)C. The third kappa shape index (κ3) is 3.87. The number of ether oxygens (including phenoxy) is 2. The number of hydrogen-bond acceptors (Lipinski definition) is 4. The predicted octanol–water partition coefficient (Wildman–Crippen LogP) is 3.50. The summed E-state index contributed by atoms with van der Waals surface area (Å²) in [6, 6.07) is 5.07.